The lowest BCUT2D eigenvalue weighted by Gasteiger charge is -2.24. The van der Waals surface area contributed by atoms with Crippen molar-refractivity contribution in [3.8, 4) is 5.75 Å². The van der Waals surface area contributed by atoms with E-state index < -0.39 is 0 Å². The van der Waals surface area contributed by atoms with E-state index in [1.165, 1.54) is 42.2 Å². The molecule has 1 aliphatic heterocycles. The molecule has 1 aliphatic rings. The second kappa shape index (κ2) is 4.45. The Morgan fingerprint density at radius 1 is 0.750 bits per heavy atom. The molecule has 0 amide bonds. The predicted octanol–water partition coefficient (Wildman–Crippen LogP) is 5.43. The van der Waals surface area contributed by atoms with Crippen molar-refractivity contribution >= 4 is 44.9 Å². The number of halogens is 1. The molecule has 1 heterocycles. The first kappa shape index (κ1) is 13.9. The molecule has 0 bridgehead atoms. The molecule has 0 radical (unpaired) electrons. The van der Waals surface area contributed by atoms with Crippen molar-refractivity contribution in [1.29, 1.82) is 0 Å². The van der Waals surface area contributed by atoms with Gasteiger partial charge in [-0.1, -0.05) is 0 Å². The molecule has 104 valence electrons. The van der Waals surface area contributed by atoms with Crippen molar-refractivity contribution < 1.29 is 4.74 Å². The molecule has 2 aromatic carbocycles. The highest BCUT2D eigenvalue weighted by atomic mass is 127. The highest BCUT2D eigenvalue weighted by Crippen LogP contribution is 2.47. The molecule has 0 aliphatic carbocycles. The highest BCUT2D eigenvalue weighted by molar-refractivity contribution is 14.1. The fraction of sp³-hybridized carbons (Fsp3) is 0.353. The van der Waals surface area contributed by atoms with Gasteiger partial charge >= 0.3 is 0 Å². The van der Waals surface area contributed by atoms with Gasteiger partial charge in [-0.2, -0.15) is 0 Å². The molecule has 0 atom stereocenters. The number of hydrogen-bond donors (Lipinski definition) is 0. The number of rotatable bonds is 0. The van der Waals surface area contributed by atoms with Crippen LogP contribution in [0.3, 0.4) is 0 Å². The quantitative estimate of drug-likeness (QED) is 0.560. The maximum atomic E-state index is 5.97. The molecule has 2 aromatic rings. The van der Waals surface area contributed by atoms with Crippen LogP contribution in [-0.2, 0) is 0 Å². The number of aliphatic imine (C=N–C) groups is 1. The minimum atomic E-state index is 0.730. The van der Waals surface area contributed by atoms with Gasteiger partial charge in [0, 0.05) is 15.9 Å². The van der Waals surface area contributed by atoms with Crippen molar-refractivity contribution in [2.75, 3.05) is 0 Å². The molecule has 0 N–H and O–H groups in total. The van der Waals surface area contributed by atoms with Crippen LogP contribution in [0.5, 0.6) is 5.75 Å². The van der Waals surface area contributed by atoms with Gasteiger partial charge in [0.25, 0.3) is 0 Å². The third kappa shape index (κ3) is 1.65. The van der Waals surface area contributed by atoms with E-state index in [4.69, 9.17) is 4.74 Å². The van der Waals surface area contributed by atoms with Gasteiger partial charge in [0.05, 0.1) is 11.1 Å². The molecular formula is C17H18INO. The summed E-state index contributed by atoms with van der Waals surface area (Å²) < 4.78 is 7.29. The van der Waals surface area contributed by atoms with E-state index >= 15 is 0 Å². The summed E-state index contributed by atoms with van der Waals surface area (Å²) >= 11 is 2.46. The smallest absolute Gasteiger partial charge is 0.192 e. The standard InChI is InChI=1S/C17H18INO/c1-7-8(2)13-14-16(10(4)9(3)15(13)18)19-12(6)20-17(14)11(7)5/h1-6H3. The third-order valence-electron chi connectivity index (χ3n) is 4.54. The van der Waals surface area contributed by atoms with E-state index in [0.29, 0.717) is 0 Å². The van der Waals surface area contributed by atoms with Crippen LogP contribution in [-0.4, -0.2) is 5.90 Å². The molecule has 2 nitrogen and oxygen atoms in total. The fourth-order valence-corrected chi connectivity index (χ4v) is 4.02. The zero-order valence-electron chi connectivity index (χ0n) is 12.7. The number of benzene rings is 2. The summed E-state index contributed by atoms with van der Waals surface area (Å²) in [7, 11) is 0. The first-order chi connectivity index (χ1) is 9.34. The van der Waals surface area contributed by atoms with Gasteiger partial charge in [-0.3, -0.25) is 0 Å². The Kier molecular flexibility index (Phi) is 3.08. The number of nitrogens with zero attached hydrogens (tertiary/aromatic N) is 1. The van der Waals surface area contributed by atoms with Crippen LogP contribution < -0.4 is 4.74 Å². The lowest BCUT2D eigenvalue weighted by Crippen LogP contribution is -2.11. The zero-order valence-corrected chi connectivity index (χ0v) is 14.9. The van der Waals surface area contributed by atoms with Crippen LogP contribution in [0.4, 0.5) is 5.69 Å². The molecule has 0 saturated carbocycles. The summed E-state index contributed by atoms with van der Waals surface area (Å²) in [6.45, 7) is 12.8. The minimum absolute atomic E-state index is 0.730. The van der Waals surface area contributed by atoms with Crippen molar-refractivity contribution in [1.82, 2.24) is 0 Å². The van der Waals surface area contributed by atoms with Crippen LogP contribution in [0.1, 0.15) is 34.7 Å². The molecule has 3 rings (SSSR count). The van der Waals surface area contributed by atoms with Crippen LogP contribution in [0, 0.1) is 38.2 Å². The van der Waals surface area contributed by atoms with Crippen molar-refractivity contribution in [2.24, 2.45) is 4.99 Å². The summed E-state index contributed by atoms with van der Waals surface area (Å²) in [5, 5.41) is 2.49. The second-order valence-electron chi connectivity index (χ2n) is 5.60. The van der Waals surface area contributed by atoms with Crippen LogP contribution in [0.25, 0.3) is 10.8 Å². The number of hydrogen-bond acceptors (Lipinski definition) is 2. The maximum absolute atomic E-state index is 5.97. The monoisotopic (exact) mass is 379 g/mol. The Balaban J connectivity index is 2.69. The zero-order chi connectivity index (χ0) is 14.8. The molecule has 0 aromatic heterocycles. The summed E-state index contributed by atoms with van der Waals surface area (Å²) in [5.41, 5.74) is 7.55. The van der Waals surface area contributed by atoms with Crippen molar-refractivity contribution in [3.63, 3.8) is 0 Å². The van der Waals surface area contributed by atoms with Gasteiger partial charge in [0.2, 0.25) is 0 Å². The fourth-order valence-electron chi connectivity index (χ4n) is 2.94. The summed E-state index contributed by atoms with van der Waals surface area (Å²) in [5.74, 6) is 1.72. The van der Waals surface area contributed by atoms with Gasteiger partial charge in [0.15, 0.2) is 5.90 Å². The Morgan fingerprint density at radius 3 is 2.05 bits per heavy atom. The van der Waals surface area contributed by atoms with E-state index in [-0.39, 0.29) is 0 Å². The molecule has 3 heteroatoms. The average molecular weight is 379 g/mol. The SMILES string of the molecule is CC1=Nc2c(C)c(C)c(I)c3c(C)c(C)c(C)c(c23)O1. The van der Waals surface area contributed by atoms with Crippen molar-refractivity contribution in [3.05, 3.63) is 31.4 Å². The van der Waals surface area contributed by atoms with E-state index in [1.54, 1.807) is 0 Å². The van der Waals surface area contributed by atoms with Gasteiger partial charge in [-0.05, 0) is 85.0 Å². The summed E-state index contributed by atoms with van der Waals surface area (Å²) in [6.07, 6.45) is 0. The lowest BCUT2D eigenvalue weighted by atomic mass is 9.90. The molecule has 0 saturated heterocycles. The molecule has 0 spiro atoms. The Morgan fingerprint density at radius 2 is 1.40 bits per heavy atom. The topological polar surface area (TPSA) is 21.6 Å². The van der Waals surface area contributed by atoms with Gasteiger partial charge in [0.1, 0.15) is 5.75 Å². The molecule has 0 fully saturated rings. The lowest BCUT2D eigenvalue weighted by molar-refractivity contribution is 0.544. The number of aryl methyl sites for hydroxylation is 1. The molecular weight excluding hydrogens is 361 g/mol. The van der Waals surface area contributed by atoms with Gasteiger partial charge in [-0.15, -0.1) is 0 Å². The van der Waals surface area contributed by atoms with E-state index in [0.717, 1.165) is 17.3 Å². The van der Waals surface area contributed by atoms with Gasteiger partial charge < -0.3 is 4.74 Å². The van der Waals surface area contributed by atoms with Crippen LogP contribution in [0.2, 0.25) is 0 Å². The molecule has 0 unspecified atom stereocenters. The number of ether oxygens (including phenoxy) is 1. The van der Waals surface area contributed by atoms with E-state index in [1.807, 2.05) is 6.92 Å². The first-order valence-electron chi connectivity index (χ1n) is 6.79. The summed E-state index contributed by atoms with van der Waals surface area (Å²) in [4.78, 5) is 4.67. The Bertz CT molecular complexity index is 795. The van der Waals surface area contributed by atoms with E-state index in [2.05, 4.69) is 62.2 Å². The minimum Gasteiger partial charge on any atom is -0.442 e. The van der Waals surface area contributed by atoms with Gasteiger partial charge in [-0.25, -0.2) is 4.99 Å². The van der Waals surface area contributed by atoms with E-state index in [9.17, 15) is 0 Å². The third-order valence-corrected chi connectivity index (χ3v) is 5.89. The highest BCUT2D eigenvalue weighted by Gasteiger charge is 2.25. The predicted molar refractivity (Wildman–Crippen MR) is 93.7 cm³/mol. The normalized spacial score (nSPS) is 13.4. The van der Waals surface area contributed by atoms with Crippen LogP contribution in [0.15, 0.2) is 4.99 Å². The summed E-state index contributed by atoms with van der Waals surface area (Å²) in [6, 6.07) is 0. The second-order valence-corrected chi connectivity index (χ2v) is 6.68. The maximum Gasteiger partial charge on any atom is 0.192 e. The first-order valence-corrected chi connectivity index (χ1v) is 7.87. The van der Waals surface area contributed by atoms with Crippen LogP contribution >= 0.6 is 22.6 Å². The molecule has 20 heavy (non-hydrogen) atoms. The Labute approximate surface area is 133 Å². The largest absolute Gasteiger partial charge is 0.442 e. The van der Waals surface area contributed by atoms with Crippen molar-refractivity contribution in [2.45, 2.75) is 41.5 Å². The average Bonchev–Trinajstić information content (AvgIpc) is 2.42. The Hall–Kier alpha value is -1.10.